The van der Waals surface area contributed by atoms with Gasteiger partial charge in [-0.3, -0.25) is 9.89 Å². The Hall–Kier alpha value is -1.41. The minimum absolute atomic E-state index is 0.0414. The highest BCUT2D eigenvalue weighted by Crippen LogP contribution is 2.19. The number of sulfonamides is 1. The Morgan fingerprint density at radius 3 is 2.95 bits per heavy atom. The SMILES string of the molecule is Cc1[nH]ncc1C(=O)N1CCCC(CNS(C)(=O)=O)C1. The Balaban J connectivity index is 1.97. The molecule has 8 heteroatoms. The lowest BCUT2D eigenvalue weighted by Crippen LogP contribution is -2.43. The Bertz CT molecular complexity index is 581. The molecule has 0 spiro atoms. The Morgan fingerprint density at radius 2 is 2.35 bits per heavy atom. The van der Waals surface area contributed by atoms with Crippen molar-refractivity contribution in [3.05, 3.63) is 17.5 Å². The molecule has 7 nitrogen and oxygen atoms in total. The largest absolute Gasteiger partial charge is 0.338 e. The van der Waals surface area contributed by atoms with E-state index in [1.165, 1.54) is 6.20 Å². The zero-order valence-electron chi connectivity index (χ0n) is 11.7. The maximum atomic E-state index is 12.4. The van der Waals surface area contributed by atoms with Crippen LogP contribution in [0.3, 0.4) is 0 Å². The number of rotatable bonds is 4. The molecule has 1 aromatic rings. The number of carbonyl (C=O) groups is 1. The van der Waals surface area contributed by atoms with Gasteiger partial charge in [-0.1, -0.05) is 0 Å². The van der Waals surface area contributed by atoms with Crippen LogP contribution in [0.25, 0.3) is 0 Å². The van der Waals surface area contributed by atoms with Gasteiger partial charge in [-0.25, -0.2) is 13.1 Å². The van der Waals surface area contributed by atoms with Crippen molar-refractivity contribution in [1.29, 1.82) is 0 Å². The number of likely N-dealkylation sites (tertiary alicyclic amines) is 1. The lowest BCUT2D eigenvalue weighted by atomic mass is 9.98. The molecule has 0 saturated carbocycles. The molecule has 0 bridgehead atoms. The van der Waals surface area contributed by atoms with E-state index in [0.29, 0.717) is 25.2 Å². The van der Waals surface area contributed by atoms with E-state index >= 15 is 0 Å². The predicted molar refractivity (Wildman–Crippen MR) is 74.8 cm³/mol. The van der Waals surface area contributed by atoms with Crippen molar-refractivity contribution in [2.24, 2.45) is 5.92 Å². The van der Waals surface area contributed by atoms with E-state index in [2.05, 4.69) is 14.9 Å². The fourth-order valence-corrected chi connectivity index (χ4v) is 2.96. The van der Waals surface area contributed by atoms with Gasteiger partial charge in [0.25, 0.3) is 5.91 Å². The zero-order valence-corrected chi connectivity index (χ0v) is 12.5. The molecule has 0 aromatic carbocycles. The smallest absolute Gasteiger partial charge is 0.257 e. The molecule has 1 aromatic heterocycles. The molecule has 1 atom stereocenters. The number of piperidine rings is 1. The molecule has 2 N–H and O–H groups in total. The number of H-pyrrole nitrogens is 1. The van der Waals surface area contributed by atoms with Crippen molar-refractivity contribution in [2.75, 3.05) is 25.9 Å². The summed E-state index contributed by atoms with van der Waals surface area (Å²) in [4.78, 5) is 14.1. The average molecular weight is 300 g/mol. The highest BCUT2D eigenvalue weighted by atomic mass is 32.2. The van der Waals surface area contributed by atoms with Gasteiger partial charge < -0.3 is 4.90 Å². The first-order valence-corrected chi connectivity index (χ1v) is 8.50. The number of hydrogen-bond donors (Lipinski definition) is 2. The minimum atomic E-state index is -3.18. The van der Waals surface area contributed by atoms with Crippen molar-refractivity contribution in [1.82, 2.24) is 19.8 Å². The first-order chi connectivity index (χ1) is 9.37. The van der Waals surface area contributed by atoms with Crippen LogP contribution in [-0.4, -0.2) is 55.3 Å². The summed E-state index contributed by atoms with van der Waals surface area (Å²) < 4.78 is 24.7. The number of aromatic nitrogens is 2. The van der Waals surface area contributed by atoms with E-state index in [-0.39, 0.29) is 11.8 Å². The van der Waals surface area contributed by atoms with Crippen molar-refractivity contribution in [3.8, 4) is 0 Å². The molecule has 1 aliphatic rings. The molecule has 20 heavy (non-hydrogen) atoms. The number of nitrogens with one attached hydrogen (secondary N) is 2. The van der Waals surface area contributed by atoms with Crippen LogP contribution in [0, 0.1) is 12.8 Å². The number of carbonyl (C=O) groups excluding carboxylic acids is 1. The molecular weight excluding hydrogens is 280 g/mol. The van der Waals surface area contributed by atoms with Crippen LogP contribution in [0.1, 0.15) is 28.9 Å². The second-order valence-corrected chi connectivity index (χ2v) is 7.12. The van der Waals surface area contributed by atoms with Crippen LogP contribution in [-0.2, 0) is 10.0 Å². The number of amides is 1. The third kappa shape index (κ3) is 3.80. The monoisotopic (exact) mass is 300 g/mol. The maximum absolute atomic E-state index is 12.4. The number of aromatic amines is 1. The average Bonchev–Trinajstić information content (AvgIpc) is 2.81. The van der Waals surface area contributed by atoms with Gasteiger partial charge >= 0.3 is 0 Å². The summed E-state index contributed by atoms with van der Waals surface area (Å²) in [5.74, 6) is 0.120. The van der Waals surface area contributed by atoms with Gasteiger partial charge in [0.1, 0.15) is 0 Å². The third-order valence-electron chi connectivity index (χ3n) is 3.50. The molecular formula is C12H20N4O3S. The fourth-order valence-electron chi connectivity index (χ4n) is 2.42. The van der Waals surface area contributed by atoms with Gasteiger partial charge in [0.05, 0.1) is 18.0 Å². The van der Waals surface area contributed by atoms with Gasteiger partial charge in [0.15, 0.2) is 0 Å². The summed E-state index contributed by atoms with van der Waals surface area (Å²) >= 11 is 0. The molecule has 2 heterocycles. The number of nitrogens with zero attached hydrogens (tertiary/aromatic N) is 2. The van der Waals surface area contributed by atoms with E-state index in [9.17, 15) is 13.2 Å². The van der Waals surface area contributed by atoms with Gasteiger partial charge in [0, 0.05) is 25.3 Å². The zero-order chi connectivity index (χ0) is 14.8. The summed E-state index contributed by atoms with van der Waals surface area (Å²) in [5.41, 5.74) is 1.34. The Morgan fingerprint density at radius 1 is 1.60 bits per heavy atom. The standard InChI is InChI=1S/C12H20N4O3S/c1-9-11(7-13-15-9)12(17)16-5-3-4-10(8-16)6-14-20(2,18)19/h7,10,14H,3-6,8H2,1-2H3,(H,13,15). The van der Waals surface area contributed by atoms with Crippen molar-refractivity contribution >= 4 is 15.9 Å². The van der Waals surface area contributed by atoms with Gasteiger partial charge in [0.2, 0.25) is 10.0 Å². The molecule has 1 aliphatic heterocycles. The van der Waals surface area contributed by atoms with E-state index in [1.807, 2.05) is 6.92 Å². The second kappa shape index (κ2) is 5.92. The van der Waals surface area contributed by atoms with E-state index < -0.39 is 10.0 Å². The first-order valence-electron chi connectivity index (χ1n) is 6.60. The Labute approximate surface area is 118 Å². The highest BCUT2D eigenvalue weighted by Gasteiger charge is 2.26. The Kier molecular flexibility index (Phi) is 4.44. The van der Waals surface area contributed by atoms with Crippen LogP contribution in [0.2, 0.25) is 0 Å². The quantitative estimate of drug-likeness (QED) is 0.825. The number of hydrogen-bond acceptors (Lipinski definition) is 4. The van der Waals surface area contributed by atoms with Crippen molar-refractivity contribution < 1.29 is 13.2 Å². The van der Waals surface area contributed by atoms with Crippen LogP contribution in [0.5, 0.6) is 0 Å². The summed E-state index contributed by atoms with van der Waals surface area (Å²) in [6.45, 7) is 3.48. The summed E-state index contributed by atoms with van der Waals surface area (Å²) in [6.07, 6.45) is 4.50. The summed E-state index contributed by atoms with van der Waals surface area (Å²) in [5, 5.41) is 6.62. The molecule has 0 aliphatic carbocycles. The molecule has 112 valence electrons. The molecule has 2 rings (SSSR count). The lowest BCUT2D eigenvalue weighted by Gasteiger charge is -2.32. The third-order valence-corrected chi connectivity index (χ3v) is 4.19. The van der Waals surface area contributed by atoms with Gasteiger partial charge in [-0.05, 0) is 25.7 Å². The van der Waals surface area contributed by atoms with E-state index in [1.54, 1.807) is 4.90 Å². The van der Waals surface area contributed by atoms with Gasteiger partial charge in [-0.2, -0.15) is 5.10 Å². The van der Waals surface area contributed by atoms with Crippen molar-refractivity contribution in [2.45, 2.75) is 19.8 Å². The minimum Gasteiger partial charge on any atom is -0.338 e. The summed E-state index contributed by atoms with van der Waals surface area (Å²) in [7, 11) is -3.18. The van der Waals surface area contributed by atoms with Crippen LogP contribution >= 0.6 is 0 Å². The first kappa shape index (κ1) is 15.0. The lowest BCUT2D eigenvalue weighted by molar-refractivity contribution is 0.0675. The summed E-state index contributed by atoms with van der Waals surface area (Å²) in [6, 6.07) is 0. The van der Waals surface area contributed by atoms with E-state index in [0.717, 1.165) is 24.8 Å². The maximum Gasteiger partial charge on any atom is 0.257 e. The predicted octanol–water partition coefficient (Wildman–Crippen LogP) is 0.120. The molecule has 0 radical (unpaired) electrons. The normalized spacial score (nSPS) is 20.1. The molecule has 1 amide bonds. The fraction of sp³-hybridized carbons (Fsp3) is 0.667. The van der Waals surface area contributed by atoms with Gasteiger partial charge in [-0.15, -0.1) is 0 Å². The van der Waals surface area contributed by atoms with E-state index in [4.69, 9.17) is 0 Å². The number of aryl methyl sites for hydroxylation is 1. The highest BCUT2D eigenvalue weighted by molar-refractivity contribution is 7.88. The van der Waals surface area contributed by atoms with Crippen LogP contribution in [0.15, 0.2) is 6.20 Å². The molecule has 1 saturated heterocycles. The van der Waals surface area contributed by atoms with Crippen LogP contribution in [0.4, 0.5) is 0 Å². The molecule has 1 unspecified atom stereocenters. The second-order valence-electron chi connectivity index (χ2n) is 5.29. The van der Waals surface area contributed by atoms with Crippen molar-refractivity contribution in [3.63, 3.8) is 0 Å². The molecule has 1 fully saturated rings. The van der Waals surface area contributed by atoms with Crippen LogP contribution < -0.4 is 4.72 Å². The topological polar surface area (TPSA) is 95.2 Å².